The van der Waals surface area contributed by atoms with E-state index in [0.717, 1.165) is 6.54 Å². The summed E-state index contributed by atoms with van der Waals surface area (Å²) >= 11 is 5.47. The van der Waals surface area contributed by atoms with Gasteiger partial charge in [0, 0.05) is 21.2 Å². The first kappa shape index (κ1) is 13.1. The van der Waals surface area contributed by atoms with Crippen LogP contribution in [-0.2, 0) is 6.54 Å². The van der Waals surface area contributed by atoms with E-state index in [1.54, 1.807) is 0 Å². The average Bonchev–Trinajstić information content (AvgIpc) is 3.13. The fraction of sp³-hybridized carbons (Fsp3) is 0.200. The van der Waals surface area contributed by atoms with Gasteiger partial charge in [0.1, 0.15) is 0 Å². The van der Waals surface area contributed by atoms with Gasteiger partial charge in [-0.25, -0.2) is 0 Å². The van der Waals surface area contributed by atoms with Gasteiger partial charge in [-0.3, -0.25) is 5.32 Å². The molecule has 4 heteroatoms. The van der Waals surface area contributed by atoms with Crippen LogP contribution in [0.5, 0.6) is 0 Å². The lowest BCUT2D eigenvalue weighted by Gasteiger charge is -2.16. The maximum Gasteiger partial charge on any atom is 0.0767 e. The summed E-state index contributed by atoms with van der Waals surface area (Å²) in [7, 11) is 0. The molecule has 1 N–H and O–H groups in total. The van der Waals surface area contributed by atoms with Gasteiger partial charge in [0.2, 0.25) is 0 Å². The Morgan fingerprint density at radius 2 is 1.63 bits per heavy atom. The summed E-state index contributed by atoms with van der Waals surface area (Å²) < 4.78 is 0. The number of hydrogen-bond acceptors (Lipinski definition) is 4. The zero-order valence-corrected chi connectivity index (χ0v) is 13.1. The molecule has 3 aromatic heterocycles. The van der Waals surface area contributed by atoms with Gasteiger partial charge >= 0.3 is 0 Å². The second kappa shape index (κ2) is 6.01. The van der Waals surface area contributed by atoms with E-state index in [1.807, 2.05) is 34.0 Å². The van der Waals surface area contributed by atoms with E-state index in [4.69, 9.17) is 0 Å². The first-order chi connectivity index (χ1) is 9.34. The Kier molecular flexibility index (Phi) is 4.13. The molecule has 0 amide bonds. The van der Waals surface area contributed by atoms with Gasteiger partial charge in [0.15, 0.2) is 0 Å². The Hall–Kier alpha value is -0.940. The minimum atomic E-state index is 0.321. The van der Waals surface area contributed by atoms with E-state index in [1.165, 1.54) is 20.2 Å². The van der Waals surface area contributed by atoms with Crippen molar-refractivity contribution in [1.29, 1.82) is 0 Å². The lowest BCUT2D eigenvalue weighted by atomic mass is 10.2. The van der Waals surface area contributed by atoms with E-state index >= 15 is 0 Å². The smallest absolute Gasteiger partial charge is 0.0767 e. The Labute approximate surface area is 125 Å². The van der Waals surface area contributed by atoms with Crippen molar-refractivity contribution in [3.8, 4) is 0 Å². The predicted octanol–water partition coefficient (Wildman–Crippen LogP) is 5.06. The van der Waals surface area contributed by atoms with Crippen molar-refractivity contribution >= 4 is 34.0 Å². The molecule has 3 aromatic rings. The summed E-state index contributed by atoms with van der Waals surface area (Å²) in [5.74, 6) is 0. The number of hydrogen-bond donors (Lipinski definition) is 1. The van der Waals surface area contributed by atoms with E-state index in [9.17, 15) is 0 Å². The second-order valence-corrected chi connectivity index (χ2v) is 7.33. The third-order valence-electron chi connectivity index (χ3n) is 3.09. The van der Waals surface area contributed by atoms with Crippen molar-refractivity contribution in [1.82, 2.24) is 5.32 Å². The van der Waals surface area contributed by atoms with E-state index in [-0.39, 0.29) is 0 Å². The number of nitrogens with one attached hydrogen (secondary N) is 1. The van der Waals surface area contributed by atoms with Gasteiger partial charge in [-0.15, -0.1) is 34.0 Å². The highest BCUT2D eigenvalue weighted by Gasteiger charge is 2.16. The molecule has 0 aromatic carbocycles. The van der Waals surface area contributed by atoms with Crippen molar-refractivity contribution in [2.45, 2.75) is 19.5 Å². The predicted molar refractivity (Wildman–Crippen MR) is 86.4 cm³/mol. The highest BCUT2D eigenvalue weighted by molar-refractivity contribution is 7.11. The molecule has 98 valence electrons. The minimum absolute atomic E-state index is 0.321. The van der Waals surface area contributed by atoms with Crippen LogP contribution in [-0.4, -0.2) is 0 Å². The van der Waals surface area contributed by atoms with Crippen LogP contribution in [0.1, 0.15) is 26.2 Å². The molecular weight excluding hydrogens is 290 g/mol. The Bertz CT molecular complexity index is 573. The summed E-state index contributed by atoms with van der Waals surface area (Å²) in [6, 6.07) is 11.2. The van der Waals surface area contributed by atoms with E-state index in [2.05, 4.69) is 58.7 Å². The molecule has 3 heterocycles. The van der Waals surface area contributed by atoms with Crippen LogP contribution in [0.25, 0.3) is 0 Å². The zero-order chi connectivity index (χ0) is 13.1. The van der Waals surface area contributed by atoms with Crippen molar-refractivity contribution < 1.29 is 0 Å². The molecule has 0 unspecified atom stereocenters. The van der Waals surface area contributed by atoms with Crippen molar-refractivity contribution in [3.63, 3.8) is 0 Å². The molecule has 0 saturated heterocycles. The average molecular weight is 305 g/mol. The fourth-order valence-electron chi connectivity index (χ4n) is 2.03. The third kappa shape index (κ3) is 2.98. The van der Waals surface area contributed by atoms with Gasteiger partial charge in [0.05, 0.1) is 6.04 Å². The summed E-state index contributed by atoms with van der Waals surface area (Å²) in [4.78, 5) is 4.20. The number of rotatable bonds is 5. The summed E-state index contributed by atoms with van der Waals surface area (Å²) in [5, 5.41) is 10.2. The zero-order valence-electron chi connectivity index (χ0n) is 10.6. The Morgan fingerprint density at radius 1 is 0.947 bits per heavy atom. The lowest BCUT2D eigenvalue weighted by molar-refractivity contribution is 0.625. The van der Waals surface area contributed by atoms with Gasteiger partial charge < -0.3 is 0 Å². The van der Waals surface area contributed by atoms with Crippen molar-refractivity contribution in [2.24, 2.45) is 0 Å². The molecule has 3 rings (SSSR count). The molecule has 0 radical (unpaired) electrons. The number of aryl methyl sites for hydroxylation is 1. The Balaban J connectivity index is 1.79. The van der Waals surface area contributed by atoms with Gasteiger partial charge in [-0.2, -0.15) is 0 Å². The highest BCUT2D eigenvalue weighted by atomic mass is 32.1. The lowest BCUT2D eigenvalue weighted by Crippen LogP contribution is -2.20. The molecule has 0 aliphatic heterocycles. The SMILES string of the molecule is Cc1ccsc1CNC(c1cccs1)c1cccs1. The van der Waals surface area contributed by atoms with Crippen LogP contribution >= 0.6 is 34.0 Å². The van der Waals surface area contributed by atoms with Gasteiger partial charge in [0.25, 0.3) is 0 Å². The first-order valence-electron chi connectivity index (χ1n) is 6.18. The fourth-order valence-corrected chi connectivity index (χ4v) is 4.60. The van der Waals surface area contributed by atoms with Crippen molar-refractivity contribution in [3.05, 3.63) is 66.7 Å². The normalized spacial score (nSPS) is 11.3. The second-order valence-electron chi connectivity index (χ2n) is 4.37. The molecule has 0 spiro atoms. The topological polar surface area (TPSA) is 12.0 Å². The maximum atomic E-state index is 3.70. The molecule has 1 nitrogen and oxygen atoms in total. The largest absolute Gasteiger partial charge is 0.300 e. The molecule has 0 atom stereocenters. The summed E-state index contributed by atoms with van der Waals surface area (Å²) in [6.45, 7) is 3.11. The van der Waals surface area contributed by atoms with E-state index in [0.29, 0.717) is 6.04 Å². The quantitative estimate of drug-likeness (QED) is 0.695. The molecule has 0 aliphatic rings. The van der Waals surface area contributed by atoms with Gasteiger partial charge in [-0.05, 0) is 46.8 Å². The van der Waals surface area contributed by atoms with Crippen LogP contribution in [0, 0.1) is 6.92 Å². The van der Waals surface area contributed by atoms with Crippen LogP contribution in [0.2, 0.25) is 0 Å². The monoisotopic (exact) mass is 305 g/mol. The van der Waals surface area contributed by atoms with Gasteiger partial charge in [-0.1, -0.05) is 12.1 Å². The maximum absolute atomic E-state index is 3.70. The number of thiophene rings is 3. The highest BCUT2D eigenvalue weighted by Crippen LogP contribution is 2.30. The third-order valence-corrected chi connectivity index (χ3v) is 5.99. The molecule has 19 heavy (non-hydrogen) atoms. The van der Waals surface area contributed by atoms with Crippen LogP contribution < -0.4 is 5.32 Å². The summed E-state index contributed by atoms with van der Waals surface area (Å²) in [6.07, 6.45) is 0. The standard InChI is InChI=1S/C15H15NS3/c1-11-6-9-19-14(11)10-16-15(12-4-2-7-17-12)13-5-3-8-18-13/h2-9,15-16H,10H2,1H3. The molecule has 0 aliphatic carbocycles. The molecule has 0 fully saturated rings. The molecule has 0 saturated carbocycles. The van der Waals surface area contributed by atoms with E-state index < -0.39 is 0 Å². The van der Waals surface area contributed by atoms with Crippen LogP contribution in [0.3, 0.4) is 0 Å². The summed E-state index contributed by atoms with van der Waals surface area (Å²) in [5.41, 5.74) is 1.38. The van der Waals surface area contributed by atoms with Crippen LogP contribution in [0.4, 0.5) is 0 Å². The molecular formula is C15H15NS3. The van der Waals surface area contributed by atoms with Crippen LogP contribution in [0.15, 0.2) is 46.5 Å². The Morgan fingerprint density at radius 3 is 2.11 bits per heavy atom. The minimum Gasteiger partial charge on any atom is -0.300 e. The molecule has 0 bridgehead atoms. The first-order valence-corrected chi connectivity index (χ1v) is 8.81. The van der Waals surface area contributed by atoms with Crippen molar-refractivity contribution in [2.75, 3.05) is 0 Å².